The zero-order valence-corrected chi connectivity index (χ0v) is 25.2. The fourth-order valence-electron chi connectivity index (χ4n) is 5.31. The Hall–Kier alpha value is -3.62. The van der Waals surface area contributed by atoms with Gasteiger partial charge in [-0.15, -0.1) is 11.3 Å². The van der Waals surface area contributed by atoms with E-state index >= 15 is 0 Å². The van der Waals surface area contributed by atoms with Crippen LogP contribution in [0.25, 0.3) is 54.1 Å². The second-order valence-corrected chi connectivity index (χ2v) is 12.7. The van der Waals surface area contributed by atoms with Crippen molar-refractivity contribution in [2.75, 3.05) is 6.61 Å². The maximum Gasteiger partial charge on any atom is 0.124 e. The Morgan fingerprint density at radius 2 is 1.76 bits per heavy atom. The van der Waals surface area contributed by atoms with Crippen LogP contribution in [0.1, 0.15) is 38.0 Å². The van der Waals surface area contributed by atoms with Gasteiger partial charge in [-0.3, -0.25) is 9.67 Å². The highest BCUT2D eigenvalue weighted by atomic mass is 35.5. The summed E-state index contributed by atoms with van der Waals surface area (Å²) in [7, 11) is 1.94. The Balaban J connectivity index is 1.51. The van der Waals surface area contributed by atoms with Crippen molar-refractivity contribution in [3.8, 4) is 33.0 Å². The van der Waals surface area contributed by atoms with E-state index in [-0.39, 0.29) is 6.61 Å². The molecular weight excluding hydrogens is 552 g/mol. The lowest BCUT2D eigenvalue weighted by Gasteiger charge is -2.29. The molecule has 6 rings (SSSR count). The Morgan fingerprint density at radius 1 is 1.00 bits per heavy atom. The summed E-state index contributed by atoms with van der Waals surface area (Å²) in [5.41, 5.74) is 8.44. The molecule has 1 unspecified atom stereocenters. The smallest absolute Gasteiger partial charge is 0.124 e. The van der Waals surface area contributed by atoms with Gasteiger partial charge in [0.2, 0.25) is 0 Å². The molecule has 0 radical (unpaired) electrons. The summed E-state index contributed by atoms with van der Waals surface area (Å²) >= 11 is 7.90. The summed E-state index contributed by atoms with van der Waals surface area (Å²) in [6.45, 7) is 7.93. The number of aromatic nitrogens is 4. The number of halogens is 1. The van der Waals surface area contributed by atoms with Crippen LogP contribution in [-0.2, 0) is 11.8 Å². The van der Waals surface area contributed by atoms with Crippen LogP contribution in [0, 0.1) is 6.92 Å². The molecule has 41 heavy (non-hydrogen) atoms. The van der Waals surface area contributed by atoms with Crippen molar-refractivity contribution >= 4 is 44.1 Å². The Morgan fingerprint density at radius 3 is 2.49 bits per heavy atom. The van der Waals surface area contributed by atoms with Crippen molar-refractivity contribution < 1.29 is 9.84 Å². The summed E-state index contributed by atoms with van der Waals surface area (Å²) in [5, 5.41) is 17.5. The van der Waals surface area contributed by atoms with E-state index in [0.29, 0.717) is 5.02 Å². The normalized spacial score (nSPS) is 12.9. The maximum absolute atomic E-state index is 10.5. The van der Waals surface area contributed by atoms with Crippen molar-refractivity contribution in [3.05, 3.63) is 89.2 Å². The quantitative estimate of drug-likeness (QED) is 0.213. The molecule has 1 atom stereocenters. The minimum Gasteiger partial charge on any atom is -0.393 e. The molecule has 0 spiro atoms. The van der Waals surface area contributed by atoms with Gasteiger partial charge >= 0.3 is 0 Å². The summed E-state index contributed by atoms with van der Waals surface area (Å²) in [6.07, 6.45) is 3.21. The summed E-state index contributed by atoms with van der Waals surface area (Å²) in [4.78, 5) is 9.75. The van der Waals surface area contributed by atoms with Crippen molar-refractivity contribution in [2.24, 2.45) is 7.05 Å². The zero-order chi connectivity index (χ0) is 28.9. The van der Waals surface area contributed by atoms with Crippen molar-refractivity contribution in [1.82, 2.24) is 19.7 Å². The monoisotopic (exact) mass is 582 g/mol. The van der Waals surface area contributed by atoms with Crippen LogP contribution in [0.2, 0.25) is 5.02 Å². The van der Waals surface area contributed by atoms with Gasteiger partial charge in [-0.05, 0) is 86.8 Å². The molecule has 0 aliphatic heterocycles. The predicted octanol–water partition coefficient (Wildman–Crippen LogP) is 8.39. The molecule has 6 aromatic rings. The van der Waals surface area contributed by atoms with E-state index in [9.17, 15) is 5.11 Å². The Labute approximate surface area is 248 Å². The lowest BCUT2D eigenvalue weighted by atomic mass is 9.91. The second-order valence-electron chi connectivity index (χ2n) is 11.2. The van der Waals surface area contributed by atoms with E-state index in [1.54, 1.807) is 11.3 Å². The van der Waals surface area contributed by atoms with Gasteiger partial charge in [-0.2, -0.15) is 5.10 Å². The maximum atomic E-state index is 10.5. The number of aryl methyl sites for hydroxylation is 2. The number of nitrogens with zero attached hydrogens (tertiary/aromatic N) is 4. The molecule has 208 valence electrons. The van der Waals surface area contributed by atoms with E-state index in [2.05, 4.69) is 47.3 Å². The van der Waals surface area contributed by atoms with Crippen LogP contribution in [0.3, 0.4) is 0 Å². The highest BCUT2D eigenvalue weighted by molar-refractivity contribution is 7.22. The molecule has 1 N–H and O–H groups in total. The number of fused-ring (bicyclic) bond motifs is 2. The largest absolute Gasteiger partial charge is 0.393 e. The zero-order valence-electron chi connectivity index (χ0n) is 23.6. The van der Waals surface area contributed by atoms with Gasteiger partial charge in [0.15, 0.2) is 0 Å². The first-order chi connectivity index (χ1) is 19.6. The van der Waals surface area contributed by atoms with Gasteiger partial charge in [-0.1, -0.05) is 29.8 Å². The third kappa shape index (κ3) is 5.38. The third-order valence-corrected chi connectivity index (χ3v) is 8.48. The number of thiazole rings is 1. The number of pyridine rings is 1. The minimum atomic E-state index is -0.495. The molecule has 0 saturated heterocycles. The van der Waals surface area contributed by atoms with Crippen molar-refractivity contribution in [1.29, 1.82) is 0 Å². The average Bonchev–Trinajstić information content (AvgIpc) is 3.54. The molecule has 0 amide bonds. The molecule has 6 nitrogen and oxygen atoms in total. The molecule has 0 saturated carbocycles. The van der Waals surface area contributed by atoms with E-state index in [1.807, 2.05) is 75.2 Å². The van der Waals surface area contributed by atoms with Crippen LogP contribution < -0.4 is 0 Å². The fourth-order valence-corrected chi connectivity index (χ4v) is 6.56. The number of benzene rings is 3. The molecule has 3 heterocycles. The molecule has 8 heteroatoms. The van der Waals surface area contributed by atoms with Gasteiger partial charge in [0.1, 0.15) is 11.1 Å². The number of rotatable bonds is 6. The van der Waals surface area contributed by atoms with E-state index in [0.717, 1.165) is 65.2 Å². The van der Waals surface area contributed by atoms with Gasteiger partial charge in [-0.25, -0.2) is 4.98 Å². The van der Waals surface area contributed by atoms with Crippen LogP contribution in [0.4, 0.5) is 0 Å². The molecule has 0 aliphatic carbocycles. The summed E-state index contributed by atoms with van der Waals surface area (Å²) < 4.78 is 9.27. The van der Waals surface area contributed by atoms with Gasteiger partial charge in [0.25, 0.3) is 0 Å². The number of hydrogen-bond donors (Lipinski definition) is 1. The van der Waals surface area contributed by atoms with Crippen LogP contribution in [0.5, 0.6) is 0 Å². The Bertz CT molecular complexity index is 1890. The molecule has 3 aromatic heterocycles. The standard InChI is InChI=1S/C33H31ClN4O2S/c1-19-14-26-31(30(20-6-9-24(34)10-7-20)29(19)28(18-39)40-33(2,3)4)41-32(37-26)22-12-13-35-25(16-22)21-8-11-27-23(15-21)17-36-38(27)5/h6-17,28,39H,18H2,1-5H3. The molecule has 3 aromatic carbocycles. The second kappa shape index (κ2) is 10.7. The topological polar surface area (TPSA) is 73.1 Å². The number of aliphatic hydroxyl groups is 1. The first kappa shape index (κ1) is 27.5. The van der Waals surface area contributed by atoms with Gasteiger partial charge < -0.3 is 9.84 Å². The van der Waals surface area contributed by atoms with E-state index in [4.69, 9.17) is 21.3 Å². The van der Waals surface area contributed by atoms with Crippen LogP contribution in [0.15, 0.2) is 73.1 Å². The summed E-state index contributed by atoms with van der Waals surface area (Å²) in [5.74, 6) is 0. The number of ether oxygens (including phenoxy) is 1. The Kier molecular flexibility index (Phi) is 7.16. The first-order valence-corrected chi connectivity index (χ1v) is 14.7. The molecule has 0 fully saturated rings. The van der Waals surface area contributed by atoms with Gasteiger partial charge in [0.05, 0.1) is 39.8 Å². The SMILES string of the molecule is Cc1cc2nc(-c3ccnc(-c4ccc5c(cnn5C)c4)c3)sc2c(-c2ccc(Cl)cc2)c1C(CO)OC(C)(C)C. The predicted molar refractivity (Wildman–Crippen MR) is 168 cm³/mol. The molecule has 0 aliphatic rings. The molecule has 0 bridgehead atoms. The third-order valence-electron chi connectivity index (χ3n) is 7.09. The first-order valence-electron chi connectivity index (χ1n) is 13.5. The number of aliphatic hydroxyl groups excluding tert-OH is 1. The van der Waals surface area contributed by atoms with Crippen LogP contribution >= 0.6 is 22.9 Å². The van der Waals surface area contributed by atoms with Crippen LogP contribution in [-0.4, -0.2) is 37.1 Å². The fraction of sp³-hybridized carbons (Fsp3) is 0.242. The van der Waals surface area contributed by atoms with Gasteiger partial charge in [0, 0.05) is 40.3 Å². The van der Waals surface area contributed by atoms with E-state index in [1.165, 1.54) is 0 Å². The summed E-state index contributed by atoms with van der Waals surface area (Å²) in [6, 6.07) is 20.3. The van der Waals surface area contributed by atoms with Crippen molar-refractivity contribution in [2.45, 2.75) is 39.4 Å². The molecular formula is C33H31ClN4O2S. The minimum absolute atomic E-state index is 0.134. The lowest BCUT2D eigenvalue weighted by Crippen LogP contribution is -2.25. The average molecular weight is 583 g/mol. The van der Waals surface area contributed by atoms with Crippen molar-refractivity contribution in [3.63, 3.8) is 0 Å². The highest BCUT2D eigenvalue weighted by Gasteiger charge is 2.27. The number of hydrogen-bond acceptors (Lipinski definition) is 6. The van der Waals surface area contributed by atoms with E-state index < -0.39 is 11.7 Å². The highest BCUT2D eigenvalue weighted by Crippen LogP contribution is 2.44. The lowest BCUT2D eigenvalue weighted by molar-refractivity contribution is -0.0821.